The number of amides is 2. The van der Waals surface area contributed by atoms with Crippen molar-refractivity contribution in [3.05, 3.63) is 47.2 Å². The Hall–Kier alpha value is -2.57. The first-order chi connectivity index (χ1) is 12.7. The predicted octanol–water partition coefficient (Wildman–Crippen LogP) is 3.81. The van der Waals surface area contributed by atoms with Gasteiger partial charge in [0, 0.05) is 19.5 Å². The van der Waals surface area contributed by atoms with E-state index in [1.54, 1.807) is 20.2 Å². The van der Waals surface area contributed by atoms with Gasteiger partial charge in [0.05, 0.1) is 22.5 Å². The Bertz CT molecular complexity index is 923. The minimum Gasteiger partial charge on any atom is -0.331 e. The number of carbonyl (C=O) groups is 1. The summed E-state index contributed by atoms with van der Waals surface area (Å²) in [6, 6.07) is 5.29. The van der Waals surface area contributed by atoms with Crippen LogP contribution in [0.25, 0.3) is 11.3 Å². The Morgan fingerprint density at radius 1 is 1.22 bits per heavy atom. The summed E-state index contributed by atoms with van der Waals surface area (Å²) in [6.07, 6.45) is 1.64. The molecule has 2 bridgehead atoms. The molecule has 1 aromatic heterocycles. The van der Waals surface area contributed by atoms with Crippen LogP contribution >= 0.6 is 0 Å². The summed E-state index contributed by atoms with van der Waals surface area (Å²) in [5, 5.41) is 11.6. The quantitative estimate of drug-likeness (QED) is 0.872. The van der Waals surface area contributed by atoms with Crippen LogP contribution in [0, 0.1) is 17.0 Å². The normalized spacial score (nSPS) is 24.6. The first-order valence-corrected chi connectivity index (χ1v) is 9.01. The van der Waals surface area contributed by atoms with E-state index in [9.17, 15) is 13.6 Å². The van der Waals surface area contributed by atoms with Crippen molar-refractivity contribution in [2.75, 3.05) is 14.1 Å². The molecule has 142 valence electrons. The number of hydrogen-bond donors (Lipinski definition) is 1. The van der Waals surface area contributed by atoms with Crippen LogP contribution in [0.1, 0.15) is 43.9 Å². The third kappa shape index (κ3) is 2.30. The van der Waals surface area contributed by atoms with Gasteiger partial charge < -0.3 is 10.2 Å². The zero-order chi connectivity index (χ0) is 19.6. The highest BCUT2D eigenvalue weighted by atomic mass is 19.1. The van der Waals surface area contributed by atoms with E-state index >= 15 is 0 Å². The van der Waals surface area contributed by atoms with E-state index in [4.69, 9.17) is 0 Å². The molecule has 1 fully saturated rings. The fourth-order valence-electron chi connectivity index (χ4n) is 4.75. The molecule has 2 aliphatic rings. The fraction of sp³-hybridized carbons (Fsp3) is 0.450. The number of nitrogens with zero attached hydrogens (tertiary/aromatic N) is 3. The summed E-state index contributed by atoms with van der Waals surface area (Å²) in [6.45, 7) is 4.21. The van der Waals surface area contributed by atoms with Crippen molar-refractivity contribution in [1.29, 1.82) is 0 Å². The van der Waals surface area contributed by atoms with E-state index in [0.29, 0.717) is 5.69 Å². The molecule has 4 rings (SSSR count). The van der Waals surface area contributed by atoms with Crippen molar-refractivity contribution in [3.63, 3.8) is 0 Å². The van der Waals surface area contributed by atoms with Gasteiger partial charge in [0.15, 0.2) is 0 Å². The summed E-state index contributed by atoms with van der Waals surface area (Å²) in [7, 11) is 3.38. The summed E-state index contributed by atoms with van der Waals surface area (Å²) < 4.78 is 28.4. The molecule has 1 N–H and O–H groups in total. The minimum absolute atomic E-state index is 0.138. The number of aromatic nitrogens is 2. The van der Waals surface area contributed by atoms with Gasteiger partial charge in [-0.25, -0.2) is 13.6 Å². The monoisotopic (exact) mass is 372 g/mol. The Morgan fingerprint density at radius 3 is 2.52 bits per heavy atom. The Balaban J connectivity index is 1.85. The number of carbonyl (C=O) groups excluding carboxylic acids is 1. The average molecular weight is 372 g/mol. The Labute approximate surface area is 156 Å². The van der Waals surface area contributed by atoms with Crippen LogP contribution in [0.15, 0.2) is 24.3 Å². The molecule has 1 saturated carbocycles. The molecule has 2 aromatic rings. The van der Waals surface area contributed by atoms with Gasteiger partial charge in [0.1, 0.15) is 11.6 Å². The lowest BCUT2D eigenvalue weighted by Gasteiger charge is -2.39. The van der Waals surface area contributed by atoms with Gasteiger partial charge in [0.25, 0.3) is 0 Å². The smallest absolute Gasteiger partial charge is 0.317 e. The molecule has 2 amide bonds. The van der Waals surface area contributed by atoms with Crippen LogP contribution in [0.4, 0.5) is 13.6 Å². The van der Waals surface area contributed by atoms with Crippen LogP contribution in [0.5, 0.6) is 0 Å². The van der Waals surface area contributed by atoms with E-state index in [0.717, 1.165) is 18.4 Å². The van der Waals surface area contributed by atoms with Gasteiger partial charge in [-0.15, -0.1) is 5.10 Å². The maximum atomic E-state index is 14.2. The highest BCUT2D eigenvalue weighted by molar-refractivity contribution is 5.76. The molecule has 1 heterocycles. The first kappa shape index (κ1) is 17.8. The van der Waals surface area contributed by atoms with Gasteiger partial charge in [-0.3, -0.25) is 0 Å². The zero-order valence-corrected chi connectivity index (χ0v) is 15.8. The molecule has 2 aliphatic carbocycles. The van der Waals surface area contributed by atoms with Crippen LogP contribution in [0.2, 0.25) is 0 Å². The van der Waals surface area contributed by atoms with Gasteiger partial charge in [-0.2, -0.15) is 5.10 Å². The lowest BCUT2D eigenvalue weighted by atomic mass is 9.75. The third-order valence-corrected chi connectivity index (χ3v) is 6.33. The standard InChI is InChI=1S/C20H22F2N4O/c1-19(2)12-8-9-20(19,23-18(27)26(3)4)17-11(12)10-15(24-25-17)16-13(21)6-5-7-14(16)22/h5-7,10,12H,8-9H2,1-4H3,(H,23,27)/t12-,20-/m0/s1. The number of rotatable bonds is 2. The van der Waals surface area contributed by atoms with Crippen molar-refractivity contribution in [3.8, 4) is 11.3 Å². The molecule has 0 saturated heterocycles. The Kier molecular flexibility index (Phi) is 3.77. The van der Waals surface area contributed by atoms with Crippen molar-refractivity contribution in [2.45, 2.75) is 38.1 Å². The topological polar surface area (TPSA) is 58.1 Å². The molecule has 5 nitrogen and oxygen atoms in total. The van der Waals surface area contributed by atoms with Crippen molar-refractivity contribution >= 4 is 6.03 Å². The molecule has 2 atom stereocenters. The highest BCUT2D eigenvalue weighted by Crippen LogP contribution is 2.66. The van der Waals surface area contributed by atoms with E-state index in [-0.39, 0.29) is 28.6 Å². The largest absolute Gasteiger partial charge is 0.331 e. The summed E-state index contributed by atoms with van der Waals surface area (Å²) in [5.41, 5.74) is 0.731. The summed E-state index contributed by atoms with van der Waals surface area (Å²) in [5.74, 6) is -1.19. The van der Waals surface area contributed by atoms with Crippen LogP contribution in [0.3, 0.4) is 0 Å². The number of nitrogens with one attached hydrogen (secondary N) is 1. The minimum atomic E-state index is -0.665. The van der Waals surface area contributed by atoms with Crippen LogP contribution < -0.4 is 5.32 Å². The number of benzene rings is 1. The van der Waals surface area contributed by atoms with Gasteiger partial charge in [0.2, 0.25) is 0 Å². The molecule has 0 radical (unpaired) electrons. The fourth-order valence-corrected chi connectivity index (χ4v) is 4.75. The van der Waals surface area contributed by atoms with E-state index < -0.39 is 17.2 Å². The van der Waals surface area contributed by atoms with E-state index in [1.165, 1.54) is 23.1 Å². The molecule has 0 spiro atoms. The molecular formula is C20H22F2N4O. The maximum absolute atomic E-state index is 14.2. The SMILES string of the molecule is CN(C)C(=O)N[C@@]12CC[C@@H](c3cc(-c4c(F)cccc4F)nnc31)C2(C)C. The molecule has 0 unspecified atom stereocenters. The third-order valence-electron chi connectivity index (χ3n) is 6.33. The van der Waals surface area contributed by atoms with E-state index in [1.807, 2.05) is 0 Å². The van der Waals surface area contributed by atoms with Gasteiger partial charge in [-0.05, 0) is 42.5 Å². The lowest BCUT2D eigenvalue weighted by Crippen LogP contribution is -2.54. The predicted molar refractivity (Wildman–Crippen MR) is 97.0 cm³/mol. The second kappa shape index (κ2) is 5.71. The first-order valence-electron chi connectivity index (χ1n) is 9.01. The number of halogens is 2. The van der Waals surface area contributed by atoms with Gasteiger partial charge >= 0.3 is 6.03 Å². The second-order valence-corrected chi connectivity index (χ2v) is 8.17. The zero-order valence-electron chi connectivity index (χ0n) is 15.8. The van der Waals surface area contributed by atoms with Crippen molar-refractivity contribution in [2.24, 2.45) is 5.41 Å². The number of urea groups is 1. The number of fused-ring (bicyclic) bond motifs is 5. The van der Waals surface area contributed by atoms with Crippen LogP contribution in [-0.2, 0) is 5.54 Å². The maximum Gasteiger partial charge on any atom is 0.317 e. The van der Waals surface area contributed by atoms with Gasteiger partial charge in [-0.1, -0.05) is 19.9 Å². The van der Waals surface area contributed by atoms with E-state index in [2.05, 4.69) is 29.4 Å². The summed E-state index contributed by atoms with van der Waals surface area (Å²) in [4.78, 5) is 13.9. The molecule has 0 aliphatic heterocycles. The average Bonchev–Trinajstić information content (AvgIpc) is 2.95. The number of hydrogen-bond acceptors (Lipinski definition) is 3. The molecular weight excluding hydrogens is 350 g/mol. The highest BCUT2D eigenvalue weighted by Gasteiger charge is 2.64. The lowest BCUT2D eigenvalue weighted by molar-refractivity contribution is 0.147. The molecule has 1 aromatic carbocycles. The second-order valence-electron chi connectivity index (χ2n) is 8.17. The molecule has 27 heavy (non-hydrogen) atoms. The van der Waals surface area contributed by atoms with Crippen molar-refractivity contribution in [1.82, 2.24) is 20.4 Å². The summed E-state index contributed by atoms with van der Waals surface area (Å²) >= 11 is 0. The van der Waals surface area contributed by atoms with Crippen LogP contribution in [-0.4, -0.2) is 35.2 Å². The Morgan fingerprint density at radius 2 is 1.89 bits per heavy atom. The van der Waals surface area contributed by atoms with Crippen molar-refractivity contribution < 1.29 is 13.6 Å². The molecule has 7 heteroatoms.